The average molecular weight is 339 g/mol. The van der Waals surface area contributed by atoms with Gasteiger partial charge in [-0.3, -0.25) is 4.79 Å². The molecule has 0 radical (unpaired) electrons. The Morgan fingerprint density at radius 1 is 1.36 bits per heavy atom. The molecule has 0 bridgehead atoms. The van der Waals surface area contributed by atoms with Crippen LogP contribution >= 0.6 is 0 Å². The minimum absolute atomic E-state index is 0.107. The van der Waals surface area contributed by atoms with Gasteiger partial charge < -0.3 is 14.4 Å². The van der Waals surface area contributed by atoms with E-state index in [1.54, 1.807) is 30.4 Å². The second-order valence-corrected chi connectivity index (χ2v) is 5.93. The lowest BCUT2D eigenvalue weighted by Gasteiger charge is -2.29. The summed E-state index contributed by atoms with van der Waals surface area (Å²) in [4.78, 5) is 23.5. The topological polar surface area (TPSA) is 79.5 Å². The first-order chi connectivity index (χ1) is 12.1. The standard InChI is InChI=1S/C19H21N3O3/c1-3-15(12-23)22(11-16-7-5-9-25-16)19(24)17-10-14-6-4-8-20-18(14)21-13(17)2/h4-10,15,23H,3,11-12H2,1-2H3/t15-/m0/s1. The molecule has 3 rings (SSSR count). The first-order valence-corrected chi connectivity index (χ1v) is 8.30. The van der Waals surface area contributed by atoms with Crippen molar-refractivity contribution in [3.63, 3.8) is 0 Å². The number of hydrogen-bond acceptors (Lipinski definition) is 5. The van der Waals surface area contributed by atoms with Gasteiger partial charge in [-0.05, 0) is 43.7 Å². The second kappa shape index (κ2) is 7.44. The largest absolute Gasteiger partial charge is 0.467 e. The number of carbonyl (C=O) groups is 1. The van der Waals surface area contributed by atoms with Gasteiger partial charge in [0.05, 0.1) is 36.7 Å². The predicted octanol–water partition coefficient (Wildman–Crippen LogP) is 2.94. The zero-order valence-corrected chi connectivity index (χ0v) is 14.3. The predicted molar refractivity (Wildman–Crippen MR) is 94.0 cm³/mol. The fourth-order valence-corrected chi connectivity index (χ4v) is 2.85. The Morgan fingerprint density at radius 2 is 2.20 bits per heavy atom. The summed E-state index contributed by atoms with van der Waals surface area (Å²) in [5.74, 6) is 0.501. The van der Waals surface area contributed by atoms with Crippen LogP contribution in [-0.2, 0) is 6.54 Å². The van der Waals surface area contributed by atoms with Gasteiger partial charge in [-0.2, -0.15) is 0 Å². The lowest BCUT2D eigenvalue weighted by molar-refractivity contribution is 0.0544. The van der Waals surface area contributed by atoms with Gasteiger partial charge in [0.1, 0.15) is 5.76 Å². The Morgan fingerprint density at radius 3 is 2.88 bits per heavy atom. The average Bonchev–Trinajstić information content (AvgIpc) is 3.14. The Kier molecular flexibility index (Phi) is 5.09. The monoisotopic (exact) mass is 339 g/mol. The highest BCUT2D eigenvalue weighted by molar-refractivity contribution is 5.98. The summed E-state index contributed by atoms with van der Waals surface area (Å²) >= 11 is 0. The molecule has 0 aliphatic rings. The van der Waals surface area contributed by atoms with E-state index in [0.717, 1.165) is 5.39 Å². The number of amides is 1. The first kappa shape index (κ1) is 17.1. The Balaban J connectivity index is 2.00. The summed E-state index contributed by atoms with van der Waals surface area (Å²) in [5, 5.41) is 10.5. The molecule has 3 aromatic heterocycles. The molecule has 6 heteroatoms. The van der Waals surface area contributed by atoms with Crippen LogP contribution in [0.2, 0.25) is 0 Å². The van der Waals surface area contributed by atoms with E-state index in [1.165, 1.54) is 0 Å². The molecule has 0 aliphatic carbocycles. The SMILES string of the molecule is CC[C@@H](CO)N(Cc1ccco1)C(=O)c1cc2cccnc2nc1C. The van der Waals surface area contributed by atoms with Gasteiger partial charge in [0.15, 0.2) is 5.65 Å². The third-order valence-corrected chi connectivity index (χ3v) is 4.30. The highest BCUT2D eigenvalue weighted by atomic mass is 16.3. The highest BCUT2D eigenvalue weighted by Crippen LogP contribution is 2.20. The van der Waals surface area contributed by atoms with Crippen molar-refractivity contribution in [3.8, 4) is 0 Å². The number of aliphatic hydroxyl groups is 1. The summed E-state index contributed by atoms with van der Waals surface area (Å²) in [6.45, 7) is 3.94. The summed E-state index contributed by atoms with van der Waals surface area (Å²) < 4.78 is 5.39. The highest BCUT2D eigenvalue weighted by Gasteiger charge is 2.26. The van der Waals surface area contributed by atoms with Crippen molar-refractivity contribution in [3.05, 3.63) is 59.8 Å². The van der Waals surface area contributed by atoms with Crippen molar-refractivity contribution in [2.75, 3.05) is 6.61 Å². The van der Waals surface area contributed by atoms with Crippen molar-refractivity contribution in [2.24, 2.45) is 0 Å². The molecule has 25 heavy (non-hydrogen) atoms. The van der Waals surface area contributed by atoms with Crippen LogP contribution in [0.3, 0.4) is 0 Å². The number of fused-ring (bicyclic) bond motifs is 1. The molecule has 0 spiro atoms. The molecule has 0 saturated heterocycles. The Labute approximate surface area is 146 Å². The van der Waals surface area contributed by atoms with Crippen LogP contribution in [0.15, 0.2) is 47.2 Å². The molecule has 1 atom stereocenters. The zero-order valence-electron chi connectivity index (χ0n) is 14.3. The maximum atomic E-state index is 13.2. The van der Waals surface area contributed by atoms with Gasteiger partial charge >= 0.3 is 0 Å². The minimum Gasteiger partial charge on any atom is -0.467 e. The van der Waals surface area contributed by atoms with E-state index < -0.39 is 0 Å². The summed E-state index contributed by atoms with van der Waals surface area (Å²) in [5.41, 5.74) is 1.75. The number of aliphatic hydroxyl groups excluding tert-OH is 1. The fraction of sp³-hybridized carbons (Fsp3) is 0.316. The van der Waals surface area contributed by atoms with Crippen LogP contribution in [0.25, 0.3) is 11.0 Å². The van der Waals surface area contributed by atoms with Crippen LogP contribution < -0.4 is 0 Å². The van der Waals surface area contributed by atoms with Crippen molar-refractivity contribution >= 4 is 16.9 Å². The van der Waals surface area contributed by atoms with E-state index in [9.17, 15) is 9.90 Å². The molecular weight excluding hydrogens is 318 g/mol. The summed E-state index contributed by atoms with van der Waals surface area (Å²) in [6, 6.07) is 8.82. The number of nitrogens with zero attached hydrogens (tertiary/aromatic N) is 3. The number of aryl methyl sites for hydroxylation is 1. The minimum atomic E-state index is -0.290. The van der Waals surface area contributed by atoms with Gasteiger partial charge in [0.25, 0.3) is 5.91 Å². The molecule has 0 aliphatic heterocycles. The van der Waals surface area contributed by atoms with Gasteiger partial charge in [-0.1, -0.05) is 6.92 Å². The Bertz CT molecular complexity index is 857. The van der Waals surface area contributed by atoms with E-state index in [4.69, 9.17) is 4.42 Å². The second-order valence-electron chi connectivity index (χ2n) is 5.93. The normalized spacial score (nSPS) is 12.3. The molecule has 3 heterocycles. The maximum absolute atomic E-state index is 13.2. The zero-order chi connectivity index (χ0) is 17.8. The van der Waals surface area contributed by atoms with Crippen LogP contribution in [-0.4, -0.2) is 38.5 Å². The molecule has 3 aromatic rings. The number of rotatable bonds is 6. The third-order valence-electron chi connectivity index (χ3n) is 4.30. The smallest absolute Gasteiger partial charge is 0.256 e. The molecule has 6 nitrogen and oxygen atoms in total. The van der Waals surface area contributed by atoms with Crippen molar-refractivity contribution in [1.82, 2.24) is 14.9 Å². The molecule has 1 amide bonds. The summed E-state index contributed by atoms with van der Waals surface area (Å²) in [6.07, 6.45) is 3.90. The number of furan rings is 1. The van der Waals surface area contributed by atoms with E-state index in [-0.39, 0.29) is 18.6 Å². The van der Waals surface area contributed by atoms with E-state index in [1.807, 2.05) is 31.2 Å². The van der Waals surface area contributed by atoms with Crippen LogP contribution in [0.4, 0.5) is 0 Å². The molecule has 0 saturated carbocycles. The molecular formula is C19H21N3O3. The van der Waals surface area contributed by atoms with Gasteiger partial charge in [-0.15, -0.1) is 0 Å². The fourth-order valence-electron chi connectivity index (χ4n) is 2.85. The van der Waals surface area contributed by atoms with E-state index in [0.29, 0.717) is 35.6 Å². The quantitative estimate of drug-likeness (QED) is 0.747. The number of pyridine rings is 2. The van der Waals surface area contributed by atoms with Crippen LogP contribution in [0.5, 0.6) is 0 Å². The number of aromatic nitrogens is 2. The van der Waals surface area contributed by atoms with Crippen molar-refractivity contribution in [1.29, 1.82) is 0 Å². The molecule has 0 fully saturated rings. The van der Waals surface area contributed by atoms with Gasteiger partial charge in [0, 0.05) is 11.6 Å². The van der Waals surface area contributed by atoms with Crippen molar-refractivity contribution < 1.29 is 14.3 Å². The van der Waals surface area contributed by atoms with E-state index >= 15 is 0 Å². The molecule has 1 N–H and O–H groups in total. The van der Waals surface area contributed by atoms with Crippen LogP contribution in [0, 0.1) is 6.92 Å². The number of carbonyl (C=O) groups excluding carboxylic acids is 1. The van der Waals surface area contributed by atoms with Crippen LogP contribution in [0.1, 0.15) is 35.2 Å². The lowest BCUT2D eigenvalue weighted by Crippen LogP contribution is -2.42. The third kappa shape index (κ3) is 3.53. The van der Waals surface area contributed by atoms with Gasteiger partial charge in [0.2, 0.25) is 0 Å². The maximum Gasteiger partial charge on any atom is 0.256 e. The first-order valence-electron chi connectivity index (χ1n) is 8.30. The molecule has 0 aromatic carbocycles. The van der Waals surface area contributed by atoms with Gasteiger partial charge in [-0.25, -0.2) is 9.97 Å². The van der Waals surface area contributed by atoms with E-state index in [2.05, 4.69) is 9.97 Å². The molecule has 0 unspecified atom stereocenters. The molecule has 130 valence electrons. The number of hydrogen-bond donors (Lipinski definition) is 1. The summed E-state index contributed by atoms with van der Waals surface area (Å²) in [7, 11) is 0. The Hall–Kier alpha value is -2.73. The van der Waals surface area contributed by atoms with Crippen molar-refractivity contribution in [2.45, 2.75) is 32.9 Å². The lowest BCUT2D eigenvalue weighted by atomic mass is 10.1.